The van der Waals surface area contributed by atoms with E-state index in [-0.39, 0.29) is 23.9 Å². The average molecular weight is 435 g/mol. The number of hydrogen-bond donors (Lipinski definition) is 2. The molecule has 0 bridgehead atoms. The van der Waals surface area contributed by atoms with Crippen LogP contribution in [0, 0.1) is 23.7 Å². The highest BCUT2D eigenvalue weighted by Crippen LogP contribution is 2.30. The van der Waals surface area contributed by atoms with E-state index in [4.69, 9.17) is 0 Å². The molecule has 32 heavy (non-hydrogen) atoms. The first-order valence-corrected chi connectivity index (χ1v) is 12.4. The fourth-order valence-corrected chi connectivity index (χ4v) is 6.20. The third-order valence-corrected chi connectivity index (χ3v) is 7.39. The molecule has 0 radical (unpaired) electrons. The Bertz CT molecular complexity index is 885. The van der Waals surface area contributed by atoms with Crippen LogP contribution in [0.25, 0.3) is 10.8 Å². The van der Waals surface area contributed by atoms with Crippen LogP contribution >= 0.6 is 0 Å². The van der Waals surface area contributed by atoms with Crippen molar-refractivity contribution in [1.29, 1.82) is 0 Å². The Hall–Kier alpha value is -2.36. The molecule has 2 saturated carbocycles. The number of fused-ring (bicyclic) bond motifs is 1. The summed E-state index contributed by atoms with van der Waals surface area (Å²) in [4.78, 5) is 25.7. The first-order chi connectivity index (χ1) is 15.3. The zero-order valence-electron chi connectivity index (χ0n) is 20.0. The second-order valence-electron chi connectivity index (χ2n) is 11.0. The third kappa shape index (κ3) is 5.51. The lowest BCUT2D eigenvalue weighted by atomic mass is 9.80. The lowest BCUT2D eigenvalue weighted by Crippen LogP contribution is -2.40. The minimum atomic E-state index is 0.000516. The Labute approximate surface area is 192 Å². The summed E-state index contributed by atoms with van der Waals surface area (Å²) >= 11 is 0. The highest BCUT2D eigenvalue weighted by Gasteiger charge is 2.26. The van der Waals surface area contributed by atoms with Crippen molar-refractivity contribution < 1.29 is 9.59 Å². The summed E-state index contributed by atoms with van der Waals surface area (Å²) in [5, 5.41) is 8.45. The van der Waals surface area contributed by atoms with Gasteiger partial charge in [-0.1, -0.05) is 39.8 Å². The molecule has 0 aliphatic heterocycles. The van der Waals surface area contributed by atoms with Crippen LogP contribution in [0.15, 0.2) is 36.4 Å². The van der Waals surface area contributed by atoms with Gasteiger partial charge in [0, 0.05) is 23.2 Å². The molecule has 2 aliphatic rings. The van der Waals surface area contributed by atoms with Gasteiger partial charge in [0.05, 0.1) is 0 Å². The summed E-state index contributed by atoms with van der Waals surface area (Å²) in [7, 11) is 0. The summed E-state index contributed by atoms with van der Waals surface area (Å²) in [5.41, 5.74) is 1.37. The maximum atomic E-state index is 12.8. The van der Waals surface area contributed by atoms with Crippen LogP contribution in [0.4, 0.5) is 0 Å². The maximum Gasteiger partial charge on any atom is 0.251 e. The first-order valence-electron chi connectivity index (χ1n) is 12.4. The second-order valence-corrected chi connectivity index (χ2v) is 11.0. The minimum absolute atomic E-state index is 0.000516. The van der Waals surface area contributed by atoms with E-state index in [1.54, 1.807) is 0 Å². The van der Waals surface area contributed by atoms with Crippen molar-refractivity contribution in [1.82, 2.24) is 10.6 Å². The standard InChI is InChI=1S/C28H38N2O2/c1-17-9-18(2)12-25(11-17)29-27(31)23-7-5-22-16-24(8-6-21(22)15-23)28(32)30-26-13-19(3)10-20(4)14-26/h5-8,15-20,25-26H,9-14H2,1-4H3,(H,29,31)(H,30,32). The Morgan fingerprint density at radius 2 is 0.938 bits per heavy atom. The molecule has 0 spiro atoms. The molecule has 4 atom stereocenters. The van der Waals surface area contributed by atoms with Gasteiger partial charge in [-0.2, -0.15) is 0 Å². The first kappa shape index (κ1) is 22.8. The maximum absolute atomic E-state index is 12.8. The summed E-state index contributed by atoms with van der Waals surface area (Å²) in [6, 6.07) is 12.1. The molecule has 2 aromatic carbocycles. The van der Waals surface area contributed by atoms with Gasteiger partial charge in [0.1, 0.15) is 0 Å². The molecule has 2 N–H and O–H groups in total. The monoisotopic (exact) mass is 434 g/mol. The largest absolute Gasteiger partial charge is 0.349 e. The lowest BCUT2D eigenvalue weighted by Gasteiger charge is -2.32. The Kier molecular flexibility index (Phi) is 6.88. The molecule has 2 amide bonds. The molecule has 2 fully saturated rings. The fourth-order valence-electron chi connectivity index (χ4n) is 6.20. The molecule has 4 rings (SSSR count). The molecule has 0 aromatic heterocycles. The van der Waals surface area contributed by atoms with E-state index in [2.05, 4.69) is 38.3 Å². The van der Waals surface area contributed by atoms with E-state index >= 15 is 0 Å². The zero-order valence-corrected chi connectivity index (χ0v) is 20.0. The molecular formula is C28H38N2O2. The Morgan fingerprint density at radius 1 is 0.594 bits per heavy atom. The quantitative estimate of drug-likeness (QED) is 0.625. The van der Waals surface area contributed by atoms with Gasteiger partial charge < -0.3 is 10.6 Å². The number of hydrogen-bond acceptors (Lipinski definition) is 2. The van der Waals surface area contributed by atoms with Crippen LogP contribution < -0.4 is 10.6 Å². The van der Waals surface area contributed by atoms with Gasteiger partial charge >= 0.3 is 0 Å². The number of carbonyl (C=O) groups excluding carboxylic acids is 2. The summed E-state index contributed by atoms with van der Waals surface area (Å²) in [6.45, 7) is 9.09. The summed E-state index contributed by atoms with van der Waals surface area (Å²) < 4.78 is 0. The smallest absolute Gasteiger partial charge is 0.251 e. The Balaban J connectivity index is 1.42. The highest BCUT2D eigenvalue weighted by molar-refractivity contribution is 6.02. The van der Waals surface area contributed by atoms with Crippen LogP contribution in [0.3, 0.4) is 0 Å². The number of benzene rings is 2. The van der Waals surface area contributed by atoms with Crippen molar-refractivity contribution in [2.45, 2.75) is 78.3 Å². The van der Waals surface area contributed by atoms with Gasteiger partial charge in [0.25, 0.3) is 11.8 Å². The van der Waals surface area contributed by atoms with Gasteiger partial charge in [-0.05, 0) is 97.2 Å². The Morgan fingerprint density at radius 3 is 1.28 bits per heavy atom. The van der Waals surface area contributed by atoms with Gasteiger partial charge in [-0.25, -0.2) is 0 Å². The van der Waals surface area contributed by atoms with Gasteiger partial charge in [0.2, 0.25) is 0 Å². The van der Waals surface area contributed by atoms with E-state index in [1.807, 2.05) is 36.4 Å². The van der Waals surface area contributed by atoms with E-state index in [0.29, 0.717) is 34.8 Å². The molecule has 2 aliphatic carbocycles. The van der Waals surface area contributed by atoms with Gasteiger partial charge in [-0.15, -0.1) is 0 Å². The molecule has 4 nitrogen and oxygen atoms in total. The van der Waals surface area contributed by atoms with Crippen molar-refractivity contribution in [3.05, 3.63) is 47.5 Å². The van der Waals surface area contributed by atoms with Crippen LogP contribution in [-0.4, -0.2) is 23.9 Å². The van der Waals surface area contributed by atoms with Gasteiger partial charge in [-0.3, -0.25) is 9.59 Å². The lowest BCUT2D eigenvalue weighted by molar-refractivity contribution is 0.0902. The third-order valence-electron chi connectivity index (χ3n) is 7.39. The van der Waals surface area contributed by atoms with Crippen LogP contribution in [0.5, 0.6) is 0 Å². The predicted octanol–water partition coefficient (Wildman–Crippen LogP) is 5.95. The van der Waals surface area contributed by atoms with Crippen molar-refractivity contribution in [2.24, 2.45) is 23.7 Å². The molecule has 2 aromatic rings. The van der Waals surface area contributed by atoms with Crippen LogP contribution in [0.2, 0.25) is 0 Å². The SMILES string of the molecule is CC1CC(C)CC(NC(=O)c2ccc3cc(C(=O)NC4CC(C)CC(C)C4)ccc3c2)C1. The number of rotatable bonds is 4. The topological polar surface area (TPSA) is 58.2 Å². The van der Waals surface area contributed by atoms with Crippen molar-refractivity contribution >= 4 is 22.6 Å². The zero-order chi connectivity index (χ0) is 22.8. The fraction of sp³-hybridized carbons (Fsp3) is 0.571. The summed E-state index contributed by atoms with van der Waals surface area (Å²) in [6.07, 6.45) is 6.72. The highest BCUT2D eigenvalue weighted by atomic mass is 16.2. The minimum Gasteiger partial charge on any atom is -0.349 e. The normalized spacial score (nSPS) is 30.6. The summed E-state index contributed by atoms with van der Waals surface area (Å²) in [5.74, 6) is 2.63. The molecule has 0 saturated heterocycles. The van der Waals surface area contributed by atoms with E-state index in [0.717, 1.165) is 36.5 Å². The number of carbonyl (C=O) groups is 2. The molecule has 172 valence electrons. The van der Waals surface area contributed by atoms with E-state index < -0.39 is 0 Å². The van der Waals surface area contributed by atoms with Gasteiger partial charge in [0.15, 0.2) is 0 Å². The second kappa shape index (κ2) is 9.64. The molecule has 4 heteroatoms. The average Bonchev–Trinajstić information content (AvgIpc) is 2.71. The van der Waals surface area contributed by atoms with Crippen LogP contribution in [0.1, 0.15) is 86.9 Å². The predicted molar refractivity (Wildman–Crippen MR) is 131 cm³/mol. The van der Waals surface area contributed by atoms with Crippen LogP contribution in [-0.2, 0) is 0 Å². The van der Waals surface area contributed by atoms with E-state index in [1.165, 1.54) is 12.8 Å². The molecule has 0 heterocycles. The van der Waals surface area contributed by atoms with Crippen molar-refractivity contribution in [3.63, 3.8) is 0 Å². The molecular weight excluding hydrogens is 396 g/mol. The van der Waals surface area contributed by atoms with E-state index in [9.17, 15) is 9.59 Å². The number of nitrogens with one attached hydrogen (secondary N) is 2. The number of amides is 2. The van der Waals surface area contributed by atoms with Crippen molar-refractivity contribution in [3.8, 4) is 0 Å². The molecule has 4 unspecified atom stereocenters. The van der Waals surface area contributed by atoms with Crippen molar-refractivity contribution in [2.75, 3.05) is 0 Å².